The SMILES string of the molecule is COc1cc(I)c2c(c1OC)C(=O)OC2. The Hall–Kier alpha value is -0.980. The molecule has 1 aliphatic rings. The lowest BCUT2D eigenvalue weighted by molar-refractivity contribution is 0.0532. The summed E-state index contributed by atoms with van der Waals surface area (Å²) in [5.74, 6) is 0.661. The largest absolute Gasteiger partial charge is 0.493 e. The van der Waals surface area contributed by atoms with Crippen LogP contribution in [0.5, 0.6) is 11.5 Å². The molecule has 1 aromatic carbocycles. The van der Waals surface area contributed by atoms with Crippen LogP contribution in [-0.2, 0) is 11.3 Å². The van der Waals surface area contributed by atoms with Crippen molar-refractivity contribution in [2.45, 2.75) is 6.61 Å². The molecule has 2 rings (SSSR count). The summed E-state index contributed by atoms with van der Waals surface area (Å²) >= 11 is 2.15. The number of cyclic esters (lactones) is 1. The van der Waals surface area contributed by atoms with Gasteiger partial charge in [0.15, 0.2) is 11.5 Å². The molecule has 0 saturated heterocycles. The fourth-order valence-corrected chi connectivity index (χ4v) is 2.28. The maximum atomic E-state index is 11.5. The zero-order valence-corrected chi connectivity index (χ0v) is 10.5. The van der Waals surface area contributed by atoms with Crippen molar-refractivity contribution in [2.75, 3.05) is 14.2 Å². The first-order chi connectivity index (χ1) is 7.19. The molecule has 1 aromatic rings. The van der Waals surface area contributed by atoms with E-state index in [1.807, 2.05) is 6.07 Å². The van der Waals surface area contributed by atoms with Crippen LogP contribution < -0.4 is 9.47 Å². The third-order valence-corrected chi connectivity index (χ3v) is 3.24. The number of carbonyl (C=O) groups is 1. The highest BCUT2D eigenvalue weighted by Gasteiger charge is 2.30. The second-order valence-corrected chi connectivity index (χ2v) is 4.19. The van der Waals surface area contributed by atoms with Gasteiger partial charge in [0, 0.05) is 9.13 Å². The molecule has 0 aliphatic carbocycles. The summed E-state index contributed by atoms with van der Waals surface area (Å²) in [6.45, 7) is 0.312. The molecule has 15 heavy (non-hydrogen) atoms. The van der Waals surface area contributed by atoms with Crippen molar-refractivity contribution in [1.82, 2.24) is 0 Å². The summed E-state index contributed by atoms with van der Waals surface area (Å²) in [7, 11) is 3.05. The molecule has 0 bridgehead atoms. The van der Waals surface area contributed by atoms with E-state index in [0.29, 0.717) is 23.7 Å². The van der Waals surface area contributed by atoms with E-state index in [4.69, 9.17) is 14.2 Å². The number of fused-ring (bicyclic) bond motifs is 1. The van der Waals surface area contributed by atoms with Gasteiger partial charge in [0.1, 0.15) is 12.2 Å². The van der Waals surface area contributed by atoms with Crippen LogP contribution in [0.25, 0.3) is 0 Å². The first kappa shape index (κ1) is 10.5. The second kappa shape index (κ2) is 3.88. The highest BCUT2D eigenvalue weighted by Crippen LogP contribution is 2.39. The minimum atomic E-state index is -0.348. The van der Waals surface area contributed by atoms with Gasteiger partial charge in [0.05, 0.1) is 14.2 Å². The molecule has 1 heterocycles. The van der Waals surface area contributed by atoms with Gasteiger partial charge in [-0.3, -0.25) is 0 Å². The molecular weight excluding hydrogens is 311 g/mol. The Morgan fingerprint density at radius 2 is 2.13 bits per heavy atom. The monoisotopic (exact) mass is 320 g/mol. The Morgan fingerprint density at radius 1 is 1.40 bits per heavy atom. The number of hydrogen-bond donors (Lipinski definition) is 0. The number of esters is 1. The number of methoxy groups -OCH3 is 2. The van der Waals surface area contributed by atoms with Crippen LogP contribution in [0.15, 0.2) is 6.07 Å². The van der Waals surface area contributed by atoms with Gasteiger partial charge in [0.25, 0.3) is 0 Å². The highest BCUT2D eigenvalue weighted by molar-refractivity contribution is 14.1. The maximum absolute atomic E-state index is 11.5. The Kier molecular flexibility index (Phi) is 2.72. The molecular formula is C10H9IO4. The van der Waals surface area contributed by atoms with Crippen molar-refractivity contribution in [2.24, 2.45) is 0 Å². The van der Waals surface area contributed by atoms with E-state index in [1.54, 1.807) is 7.11 Å². The van der Waals surface area contributed by atoms with Gasteiger partial charge in [-0.25, -0.2) is 4.79 Å². The van der Waals surface area contributed by atoms with E-state index in [0.717, 1.165) is 9.13 Å². The van der Waals surface area contributed by atoms with Gasteiger partial charge in [-0.05, 0) is 28.7 Å². The molecule has 0 amide bonds. The molecule has 0 fully saturated rings. The number of ether oxygens (including phenoxy) is 3. The zero-order valence-electron chi connectivity index (χ0n) is 8.30. The lowest BCUT2D eigenvalue weighted by Crippen LogP contribution is -2.02. The zero-order chi connectivity index (χ0) is 11.0. The summed E-state index contributed by atoms with van der Waals surface area (Å²) < 4.78 is 16.2. The van der Waals surface area contributed by atoms with E-state index in [9.17, 15) is 4.79 Å². The molecule has 0 N–H and O–H groups in total. The van der Waals surface area contributed by atoms with Crippen LogP contribution in [0.1, 0.15) is 15.9 Å². The average Bonchev–Trinajstić information content (AvgIpc) is 2.61. The molecule has 4 nitrogen and oxygen atoms in total. The molecule has 0 spiro atoms. The average molecular weight is 320 g/mol. The first-order valence-corrected chi connectivity index (χ1v) is 5.37. The third-order valence-electron chi connectivity index (χ3n) is 2.27. The minimum absolute atomic E-state index is 0.312. The topological polar surface area (TPSA) is 44.8 Å². The van der Waals surface area contributed by atoms with E-state index in [2.05, 4.69) is 22.6 Å². The summed E-state index contributed by atoms with van der Waals surface area (Å²) in [4.78, 5) is 11.5. The highest BCUT2D eigenvalue weighted by atomic mass is 127. The lowest BCUT2D eigenvalue weighted by atomic mass is 10.1. The number of halogens is 1. The fourth-order valence-electron chi connectivity index (χ4n) is 1.57. The summed E-state index contributed by atoms with van der Waals surface area (Å²) in [6.07, 6.45) is 0. The quantitative estimate of drug-likeness (QED) is 0.617. The molecule has 0 unspecified atom stereocenters. The van der Waals surface area contributed by atoms with Crippen molar-refractivity contribution in [1.29, 1.82) is 0 Å². The first-order valence-electron chi connectivity index (χ1n) is 4.29. The van der Waals surface area contributed by atoms with Gasteiger partial charge in [-0.15, -0.1) is 0 Å². The molecule has 1 aliphatic heterocycles. The summed E-state index contributed by atoms with van der Waals surface area (Å²) in [5.41, 5.74) is 1.36. The van der Waals surface area contributed by atoms with Crippen LogP contribution in [0.3, 0.4) is 0 Å². The number of benzene rings is 1. The number of hydrogen-bond acceptors (Lipinski definition) is 4. The van der Waals surface area contributed by atoms with Crippen LogP contribution in [0.2, 0.25) is 0 Å². The third kappa shape index (κ3) is 1.54. The van der Waals surface area contributed by atoms with Gasteiger partial charge >= 0.3 is 5.97 Å². The fraction of sp³-hybridized carbons (Fsp3) is 0.300. The van der Waals surface area contributed by atoms with E-state index in [-0.39, 0.29) is 5.97 Å². The van der Waals surface area contributed by atoms with Crippen molar-refractivity contribution in [3.05, 3.63) is 20.8 Å². The van der Waals surface area contributed by atoms with Gasteiger partial charge < -0.3 is 14.2 Å². The molecule has 0 saturated carbocycles. The van der Waals surface area contributed by atoms with Crippen molar-refractivity contribution in [3.63, 3.8) is 0 Å². The standard InChI is InChI=1S/C10H9IO4/c1-13-7-3-6(11)5-4-15-10(12)8(5)9(7)14-2/h3H,4H2,1-2H3. The normalized spacial score (nSPS) is 13.4. The van der Waals surface area contributed by atoms with E-state index >= 15 is 0 Å². The number of carbonyl (C=O) groups excluding carboxylic acids is 1. The molecule has 80 valence electrons. The molecule has 0 aromatic heterocycles. The smallest absolute Gasteiger partial charge is 0.342 e. The van der Waals surface area contributed by atoms with Gasteiger partial charge in [0.2, 0.25) is 0 Å². The molecule has 5 heteroatoms. The van der Waals surface area contributed by atoms with Crippen molar-refractivity contribution < 1.29 is 19.0 Å². The molecule has 0 radical (unpaired) electrons. The molecule has 0 atom stereocenters. The summed E-state index contributed by atoms with van der Waals surface area (Å²) in [6, 6.07) is 1.83. The van der Waals surface area contributed by atoms with E-state index in [1.165, 1.54) is 7.11 Å². The lowest BCUT2D eigenvalue weighted by Gasteiger charge is -2.11. The minimum Gasteiger partial charge on any atom is -0.493 e. The second-order valence-electron chi connectivity index (χ2n) is 3.02. The van der Waals surface area contributed by atoms with E-state index < -0.39 is 0 Å². The Balaban J connectivity index is 2.71. The van der Waals surface area contributed by atoms with Gasteiger partial charge in [-0.1, -0.05) is 0 Å². The maximum Gasteiger partial charge on any atom is 0.342 e. The Labute approximate surface area is 101 Å². The number of rotatable bonds is 2. The summed E-state index contributed by atoms with van der Waals surface area (Å²) in [5, 5.41) is 0. The van der Waals surface area contributed by atoms with Crippen LogP contribution in [0, 0.1) is 3.57 Å². The van der Waals surface area contributed by atoms with Crippen LogP contribution in [-0.4, -0.2) is 20.2 Å². The predicted molar refractivity (Wildman–Crippen MR) is 61.4 cm³/mol. The Morgan fingerprint density at radius 3 is 2.73 bits per heavy atom. The van der Waals surface area contributed by atoms with Crippen LogP contribution >= 0.6 is 22.6 Å². The Bertz CT molecular complexity index is 428. The van der Waals surface area contributed by atoms with Gasteiger partial charge in [-0.2, -0.15) is 0 Å². The van der Waals surface area contributed by atoms with Crippen molar-refractivity contribution >= 4 is 28.6 Å². The van der Waals surface area contributed by atoms with Crippen molar-refractivity contribution in [3.8, 4) is 11.5 Å². The predicted octanol–water partition coefficient (Wildman–Crippen LogP) is 1.98. The van der Waals surface area contributed by atoms with Crippen LogP contribution in [0.4, 0.5) is 0 Å².